The normalized spacial score (nSPS) is 19.1. The van der Waals surface area contributed by atoms with Crippen LogP contribution in [0.4, 0.5) is 0 Å². The molecule has 1 aromatic carbocycles. The first-order valence-corrected chi connectivity index (χ1v) is 9.26. The highest BCUT2D eigenvalue weighted by Gasteiger charge is 2.39. The lowest BCUT2D eigenvalue weighted by molar-refractivity contribution is -0.142. The van der Waals surface area contributed by atoms with Gasteiger partial charge < -0.3 is 20.7 Å². The van der Waals surface area contributed by atoms with E-state index < -0.39 is 5.54 Å². The Morgan fingerprint density at radius 1 is 1.04 bits per heavy atom. The minimum absolute atomic E-state index is 0. The van der Waals surface area contributed by atoms with Crippen molar-refractivity contribution in [1.29, 1.82) is 0 Å². The first-order chi connectivity index (χ1) is 12.6. The van der Waals surface area contributed by atoms with Crippen LogP contribution in [0.15, 0.2) is 30.3 Å². The van der Waals surface area contributed by atoms with Crippen molar-refractivity contribution in [3.63, 3.8) is 0 Å². The van der Waals surface area contributed by atoms with E-state index in [-0.39, 0.29) is 36.6 Å². The number of piperazine rings is 1. The van der Waals surface area contributed by atoms with Gasteiger partial charge in [-0.05, 0) is 18.4 Å². The molecular weight excluding hydrogens is 403 g/mol. The number of hydrogen-bond donors (Lipinski definition) is 2. The van der Waals surface area contributed by atoms with Gasteiger partial charge in [0.05, 0.1) is 12.1 Å². The Morgan fingerprint density at radius 2 is 1.64 bits per heavy atom. The lowest BCUT2D eigenvalue weighted by Gasteiger charge is -2.40. The summed E-state index contributed by atoms with van der Waals surface area (Å²) in [5.74, 6) is 0.0299. The molecule has 2 saturated heterocycles. The predicted molar refractivity (Wildman–Crippen MR) is 113 cm³/mol. The van der Waals surface area contributed by atoms with Crippen LogP contribution in [0.2, 0.25) is 0 Å². The number of halogens is 2. The van der Waals surface area contributed by atoms with E-state index in [0.29, 0.717) is 65.3 Å². The quantitative estimate of drug-likeness (QED) is 0.718. The molecule has 9 heteroatoms. The molecule has 0 atom stereocenters. The van der Waals surface area contributed by atoms with Crippen molar-refractivity contribution in [2.75, 3.05) is 45.9 Å². The van der Waals surface area contributed by atoms with Gasteiger partial charge in [-0.15, -0.1) is 24.8 Å². The van der Waals surface area contributed by atoms with Crippen molar-refractivity contribution in [3.8, 4) is 0 Å². The number of carbonyl (C=O) groups excluding carboxylic acids is 2. The third kappa shape index (κ3) is 6.60. The summed E-state index contributed by atoms with van der Waals surface area (Å²) in [6.07, 6.45) is 1.15. The van der Waals surface area contributed by atoms with Crippen LogP contribution in [-0.4, -0.2) is 73.1 Å². The number of rotatable bonds is 5. The van der Waals surface area contributed by atoms with E-state index in [1.165, 1.54) is 0 Å². The number of benzene rings is 1. The maximum atomic E-state index is 12.7. The molecule has 0 unspecified atom stereocenters. The summed E-state index contributed by atoms with van der Waals surface area (Å²) in [6.45, 7) is 4.60. The summed E-state index contributed by atoms with van der Waals surface area (Å²) in [5.41, 5.74) is 6.59. The minimum Gasteiger partial charge on any atom is -0.381 e. The Hall–Kier alpha value is -1.38. The zero-order valence-corrected chi connectivity index (χ0v) is 17.6. The molecule has 3 N–H and O–H groups in total. The number of ether oxygens (including phenoxy) is 1. The van der Waals surface area contributed by atoms with Crippen LogP contribution in [0, 0.1) is 0 Å². The Kier molecular flexibility index (Phi) is 10.2. The summed E-state index contributed by atoms with van der Waals surface area (Å²) in [6, 6.07) is 9.85. The average molecular weight is 433 g/mol. The number of carbonyl (C=O) groups is 2. The van der Waals surface area contributed by atoms with Crippen LogP contribution in [0.25, 0.3) is 0 Å². The zero-order chi connectivity index (χ0) is 18.4. The topological polar surface area (TPSA) is 87.9 Å². The summed E-state index contributed by atoms with van der Waals surface area (Å²) >= 11 is 0. The molecule has 1 aromatic rings. The molecule has 0 spiro atoms. The molecule has 0 radical (unpaired) electrons. The fraction of sp³-hybridized carbons (Fsp3) is 0.579. The smallest absolute Gasteiger partial charge is 0.242 e. The van der Waals surface area contributed by atoms with Crippen LogP contribution in [-0.2, 0) is 20.9 Å². The second-order valence-electron chi connectivity index (χ2n) is 7.10. The second-order valence-corrected chi connectivity index (χ2v) is 7.10. The molecule has 2 aliphatic rings. The zero-order valence-electron chi connectivity index (χ0n) is 16.0. The minimum atomic E-state index is -0.784. The van der Waals surface area contributed by atoms with Gasteiger partial charge in [0.1, 0.15) is 0 Å². The number of hydrogen-bond acceptors (Lipinski definition) is 5. The maximum absolute atomic E-state index is 12.7. The summed E-state index contributed by atoms with van der Waals surface area (Å²) in [7, 11) is 0. The highest BCUT2D eigenvalue weighted by atomic mass is 35.5. The lowest BCUT2D eigenvalue weighted by Crippen LogP contribution is -2.61. The van der Waals surface area contributed by atoms with E-state index in [0.717, 1.165) is 5.56 Å². The maximum Gasteiger partial charge on any atom is 0.242 e. The fourth-order valence-electron chi connectivity index (χ4n) is 3.43. The Labute approximate surface area is 178 Å². The van der Waals surface area contributed by atoms with Crippen molar-refractivity contribution in [3.05, 3.63) is 35.9 Å². The Morgan fingerprint density at radius 3 is 2.25 bits per heavy atom. The van der Waals surface area contributed by atoms with Crippen LogP contribution in [0.1, 0.15) is 18.4 Å². The SMILES string of the molecule is Cl.Cl.NC1(C(=O)N2CCN(CC(=O)NCc3ccccc3)CC2)CCOCC1. The van der Waals surface area contributed by atoms with Gasteiger partial charge in [-0.2, -0.15) is 0 Å². The van der Waals surface area contributed by atoms with Gasteiger partial charge in [-0.25, -0.2) is 0 Å². The Balaban J connectivity index is 0.00000196. The van der Waals surface area contributed by atoms with E-state index in [9.17, 15) is 9.59 Å². The molecule has 2 heterocycles. The van der Waals surface area contributed by atoms with Crippen LogP contribution in [0.5, 0.6) is 0 Å². The van der Waals surface area contributed by atoms with Crippen molar-refractivity contribution >= 4 is 36.6 Å². The fourth-order valence-corrected chi connectivity index (χ4v) is 3.43. The van der Waals surface area contributed by atoms with E-state index in [4.69, 9.17) is 10.5 Å². The molecule has 28 heavy (non-hydrogen) atoms. The first kappa shape index (κ1) is 24.7. The third-order valence-corrected chi connectivity index (χ3v) is 5.17. The molecule has 0 aliphatic carbocycles. The largest absolute Gasteiger partial charge is 0.381 e. The highest BCUT2D eigenvalue weighted by molar-refractivity contribution is 5.86. The molecule has 2 aliphatic heterocycles. The summed E-state index contributed by atoms with van der Waals surface area (Å²) < 4.78 is 5.31. The first-order valence-electron chi connectivity index (χ1n) is 9.26. The molecule has 7 nitrogen and oxygen atoms in total. The van der Waals surface area contributed by atoms with E-state index in [2.05, 4.69) is 10.2 Å². The van der Waals surface area contributed by atoms with E-state index >= 15 is 0 Å². The molecule has 3 rings (SSSR count). The van der Waals surface area contributed by atoms with Crippen LogP contribution in [0.3, 0.4) is 0 Å². The molecule has 2 amide bonds. The molecule has 2 fully saturated rings. The summed E-state index contributed by atoms with van der Waals surface area (Å²) in [4.78, 5) is 28.8. The second kappa shape index (κ2) is 11.6. The van der Waals surface area contributed by atoms with Gasteiger partial charge in [-0.1, -0.05) is 30.3 Å². The molecule has 0 saturated carbocycles. The van der Waals surface area contributed by atoms with Crippen LogP contribution < -0.4 is 11.1 Å². The van der Waals surface area contributed by atoms with E-state index in [1.54, 1.807) is 0 Å². The van der Waals surface area contributed by atoms with Gasteiger partial charge in [0.25, 0.3) is 0 Å². The van der Waals surface area contributed by atoms with Gasteiger partial charge in [0.2, 0.25) is 11.8 Å². The number of amides is 2. The lowest BCUT2D eigenvalue weighted by atomic mass is 9.89. The van der Waals surface area contributed by atoms with Crippen molar-refractivity contribution in [1.82, 2.24) is 15.1 Å². The van der Waals surface area contributed by atoms with Crippen molar-refractivity contribution in [2.45, 2.75) is 24.9 Å². The van der Waals surface area contributed by atoms with Crippen LogP contribution >= 0.6 is 24.8 Å². The summed E-state index contributed by atoms with van der Waals surface area (Å²) in [5, 5.41) is 2.94. The van der Waals surface area contributed by atoms with E-state index in [1.807, 2.05) is 35.2 Å². The molecule has 0 aromatic heterocycles. The monoisotopic (exact) mass is 432 g/mol. The highest BCUT2D eigenvalue weighted by Crippen LogP contribution is 2.21. The molecule has 0 bridgehead atoms. The third-order valence-electron chi connectivity index (χ3n) is 5.17. The van der Waals surface area contributed by atoms with Crippen molar-refractivity contribution in [2.24, 2.45) is 5.73 Å². The van der Waals surface area contributed by atoms with Gasteiger partial charge >= 0.3 is 0 Å². The average Bonchev–Trinajstić information content (AvgIpc) is 2.68. The van der Waals surface area contributed by atoms with Crippen molar-refractivity contribution < 1.29 is 14.3 Å². The standard InChI is InChI=1S/C19H28N4O3.2ClH/c20-19(6-12-26-13-7-19)18(25)23-10-8-22(9-11-23)15-17(24)21-14-16-4-2-1-3-5-16;;/h1-5H,6-15,20H2,(H,21,24);2*1H. The van der Waals surface area contributed by atoms with Gasteiger partial charge in [0.15, 0.2) is 0 Å². The molecular formula is C19H30Cl2N4O3. The van der Waals surface area contributed by atoms with Gasteiger partial charge in [0, 0.05) is 45.9 Å². The van der Waals surface area contributed by atoms with Gasteiger partial charge in [-0.3, -0.25) is 14.5 Å². The number of nitrogens with one attached hydrogen (secondary N) is 1. The Bertz CT molecular complexity index is 619. The number of nitrogens with two attached hydrogens (primary N) is 1. The molecule has 158 valence electrons. The number of nitrogens with zero attached hydrogens (tertiary/aromatic N) is 2. The predicted octanol–water partition coefficient (Wildman–Crippen LogP) is 0.799.